The van der Waals surface area contributed by atoms with Crippen LogP contribution in [-0.4, -0.2) is 6.61 Å². The first kappa shape index (κ1) is 32.5. The molecule has 0 bridgehead atoms. The van der Waals surface area contributed by atoms with E-state index >= 15 is 8.78 Å². The van der Waals surface area contributed by atoms with Crippen LogP contribution in [0.3, 0.4) is 0 Å². The highest BCUT2D eigenvalue weighted by Crippen LogP contribution is 2.41. The summed E-state index contributed by atoms with van der Waals surface area (Å²) in [5.41, 5.74) is -0.186. The van der Waals surface area contributed by atoms with Crippen LogP contribution in [0.2, 0.25) is 0 Å². The molecular formula is C35H50F4O. The number of hydrogen-bond donors (Lipinski definition) is 0. The first-order valence-corrected chi connectivity index (χ1v) is 16.1. The summed E-state index contributed by atoms with van der Waals surface area (Å²) in [7, 11) is 0. The van der Waals surface area contributed by atoms with Crippen molar-refractivity contribution >= 4 is 0 Å². The average Bonchev–Trinajstić information content (AvgIpc) is 2.96. The van der Waals surface area contributed by atoms with Gasteiger partial charge in [-0.3, -0.25) is 0 Å². The summed E-state index contributed by atoms with van der Waals surface area (Å²) < 4.78 is 65.5. The Bertz CT molecular complexity index is 1010. The van der Waals surface area contributed by atoms with Crippen molar-refractivity contribution in [2.75, 3.05) is 6.61 Å². The van der Waals surface area contributed by atoms with Gasteiger partial charge in [-0.15, -0.1) is 0 Å². The Labute approximate surface area is 240 Å². The van der Waals surface area contributed by atoms with Gasteiger partial charge in [-0.2, -0.15) is 4.39 Å². The van der Waals surface area contributed by atoms with E-state index in [2.05, 4.69) is 13.8 Å². The maximum atomic E-state index is 15.2. The fraction of sp³-hybridized carbons (Fsp3) is 0.657. The van der Waals surface area contributed by atoms with Crippen molar-refractivity contribution in [2.24, 2.45) is 5.92 Å². The smallest absolute Gasteiger partial charge is 0.201 e. The van der Waals surface area contributed by atoms with Crippen LogP contribution in [0.5, 0.6) is 5.75 Å². The molecule has 0 aliphatic heterocycles. The van der Waals surface area contributed by atoms with Crippen molar-refractivity contribution in [3.63, 3.8) is 0 Å². The maximum absolute atomic E-state index is 15.2. The molecule has 1 aliphatic rings. The van der Waals surface area contributed by atoms with Gasteiger partial charge in [-0.1, -0.05) is 97.3 Å². The van der Waals surface area contributed by atoms with Gasteiger partial charge in [-0.05, 0) is 73.8 Å². The predicted molar refractivity (Wildman–Crippen MR) is 158 cm³/mol. The highest BCUT2D eigenvalue weighted by molar-refractivity contribution is 5.66. The zero-order chi connectivity index (χ0) is 28.7. The molecule has 5 heteroatoms. The first-order chi connectivity index (χ1) is 19.5. The van der Waals surface area contributed by atoms with Crippen LogP contribution in [0, 0.1) is 29.2 Å². The van der Waals surface area contributed by atoms with Gasteiger partial charge in [0.1, 0.15) is 11.6 Å². The van der Waals surface area contributed by atoms with Crippen molar-refractivity contribution in [3.05, 3.63) is 53.1 Å². The summed E-state index contributed by atoms with van der Waals surface area (Å²) in [5.74, 6) is -3.20. The Balaban J connectivity index is 1.53. The molecule has 0 amide bonds. The van der Waals surface area contributed by atoms with E-state index in [1.807, 2.05) is 0 Å². The number of unbranched alkanes of at least 4 members (excludes halogenated alkanes) is 11. The van der Waals surface area contributed by atoms with Gasteiger partial charge >= 0.3 is 0 Å². The number of benzene rings is 2. The minimum atomic E-state index is -1.21. The monoisotopic (exact) mass is 562 g/mol. The fourth-order valence-corrected chi connectivity index (χ4v) is 6.15. The van der Waals surface area contributed by atoms with Crippen molar-refractivity contribution in [2.45, 2.75) is 135 Å². The standard InChI is InChI=1S/C35H50F4O/c1-3-5-7-9-11-12-14-16-26-17-19-27(20-18-26)29-24-32(37)30(25-31(29)36)28-21-22-33(35(39)34(28)38)40-23-15-13-10-8-6-4-2/h21-22,24-27H,3-20,23H2,1-2H3. The molecule has 3 rings (SSSR count). The molecule has 224 valence electrons. The molecule has 0 atom stereocenters. The van der Waals surface area contributed by atoms with Gasteiger partial charge in [0.25, 0.3) is 0 Å². The van der Waals surface area contributed by atoms with Crippen molar-refractivity contribution in [3.8, 4) is 16.9 Å². The molecule has 0 saturated heterocycles. The summed E-state index contributed by atoms with van der Waals surface area (Å²) in [4.78, 5) is 0. The van der Waals surface area contributed by atoms with Crippen LogP contribution >= 0.6 is 0 Å². The largest absolute Gasteiger partial charge is 0.490 e. The van der Waals surface area contributed by atoms with E-state index in [0.717, 1.165) is 57.4 Å². The minimum absolute atomic E-state index is 0.0341. The van der Waals surface area contributed by atoms with Gasteiger partial charge in [0.15, 0.2) is 11.6 Å². The molecule has 0 N–H and O–H groups in total. The molecule has 1 saturated carbocycles. The zero-order valence-electron chi connectivity index (χ0n) is 24.8. The Kier molecular flexibility index (Phi) is 14.4. The van der Waals surface area contributed by atoms with E-state index in [1.165, 1.54) is 82.4 Å². The lowest BCUT2D eigenvalue weighted by atomic mass is 9.76. The molecule has 0 aromatic heterocycles. The first-order valence-electron chi connectivity index (χ1n) is 16.1. The van der Waals surface area contributed by atoms with E-state index in [4.69, 9.17) is 4.74 Å². The molecule has 0 heterocycles. The van der Waals surface area contributed by atoms with Crippen LogP contribution in [0.15, 0.2) is 24.3 Å². The van der Waals surface area contributed by atoms with E-state index in [0.29, 0.717) is 18.1 Å². The lowest BCUT2D eigenvalue weighted by Crippen LogP contribution is -2.15. The second-order valence-electron chi connectivity index (χ2n) is 11.8. The van der Waals surface area contributed by atoms with Gasteiger partial charge in [0.05, 0.1) is 6.61 Å². The van der Waals surface area contributed by atoms with Crippen LogP contribution in [0.1, 0.15) is 141 Å². The summed E-state index contributed by atoms with van der Waals surface area (Å²) in [6, 6.07) is 4.82. The van der Waals surface area contributed by atoms with Crippen molar-refractivity contribution in [1.82, 2.24) is 0 Å². The second kappa shape index (κ2) is 17.7. The Morgan fingerprint density at radius 2 is 1.23 bits per heavy atom. The van der Waals surface area contributed by atoms with Gasteiger partial charge in [0.2, 0.25) is 5.82 Å². The summed E-state index contributed by atoms with van der Waals surface area (Å²) in [6.07, 6.45) is 20.4. The molecule has 2 aromatic rings. The lowest BCUT2D eigenvalue weighted by Gasteiger charge is -2.29. The Morgan fingerprint density at radius 1 is 0.625 bits per heavy atom. The Hall–Kier alpha value is -2.04. The number of ether oxygens (including phenoxy) is 1. The molecule has 1 nitrogen and oxygen atoms in total. The highest BCUT2D eigenvalue weighted by atomic mass is 19.2. The fourth-order valence-electron chi connectivity index (χ4n) is 6.15. The third-order valence-corrected chi connectivity index (χ3v) is 8.68. The third-order valence-electron chi connectivity index (χ3n) is 8.68. The van der Waals surface area contributed by atoms with Gasteiger partial charge in [0, 0.05) is 11.1 Å². The zero-order valence-corrected chi connectivity index (χ0v) is 24.8. The van der Waals surface area contributed by atoms with E-state index in [-0.39, 0.29) is 22.8 Å². The molecule has 2 aromatic carbocycles. The summed E-state index contributed by atoms with van der Waals surface area (Å²) in [6.45, 7) is 4.68. The molecule has 40 heavy (non-hydrogen) atoms. The number of rotatable bonds is 18. The third kappa shape index (κ3) is 9.80. The lowest BCUT2D eigenvalue weighted by molar-refractivity contribution is 0.285. The van der Waals surface area contributed by atoms with Gasteiger partial charge in [-0.25, -0.2) is 13.2 Å². The summed E-state index contributed by atoms with van der Waals surface area (Å²) >= 11 is 0. The summed E-state index contributed by atoms with van der Waals surface area (Å²) in [5, 5.41) is 0. The predicted octanol–water partition coefficient (Wildman–Crippen LogP) is 12.1. The quantitative estimate of drug-likeness (QED) is 0.130. The van der Waals surface area contributed by atoms with Crippen molar-refractivity contribution < 1.29 is 22.3 Å². The normalized spacial score (nSPS) is 17.4. The molecule has 1 fully saturated rings. The number of hydrogen-bond acceptors (Lipinski definition) is 1. The molecule has 0 spiro atoms. The van der Waals surface area contributed by atoms with Crippen LogP contribution in [-0.2, 0) is 0 Å². The maximum Gasteiger partial charge on any atom is 0.201 e. The van der Waals surface area contributed by atoms with Crippen molar-refractivity contribution in [1.29, 1.82) is 0 Å². The highest BCUT2D eigenvalue weighted by Gasteiger charge is 2.26. The van der Waals surface area contributed by atoms with E-state index in [9.17, 15) is 8.78 Å². The SMILES string of the molecule is CCCCCCCCCC1CCC(c2cc(F)c(-c3ccc(OCCCCCCCC)c(F)c3F)cc2F)CC1. The van der Waals surface area contributed by atoms with Crippen LogP contribution in [0.25, 0.3) is 11.1 Å². The molecule has 0 radical (unpaired) electrons. The van der Waals surface area contributed by atoms with E-state index < -0.39 is 23.3 Å². The number of halogens is 4. The molecular weight excluding hydrogens is 512 g/mol. The van der Waals surface area contributed by atoms with Crippen LogP contribution < -0.4 is 4.74 Å². The van der Waals surface area contributed by atoms with E-state index in [1.54, 1.807) is 0 Å². The van der Waals surface area contributed by atoms with Crippen LogP contribution in [0.4, 0.5) is 17.6 Å². The molecule has 0 unspecified atom stereocenters. The topological polar surface area (TPSA) is 9.23 Å². The minimum Gasteiger partial charge on any atom is -0.490 e. The average molecular weight is 563 g/mol. The second-order valence-corrected chi connectivity index (χ2v) is 11.8. The molecule has 1 aliphatic carbocycles. The Morgan fingerprint density at radius 3 is 1.88 bits per heavy atom. The van der Waals surface area contributed by atoms with Gasteiger partial charge < -0.3 is 4.74 Å².